The third-order valence-corrected chi connectivity index (χ3v) is 3.85. The van der Waals surface area contributed by atoms with Crippen molar-refractivity contribution < 1.29 is 4.79 Å². The molecule has 0 aliphatic carbocycles. The molecule has 0 bridgehead atoms. The van der Waals surface area contributed by atoms with Crippen molar-refractivity contribution in [2.75, 3.05) is 11.9 Å². The van der Waals surface area contributed by atoms with Crippen molar-refractivity contribution in [3.63, 3.8) is 0 Å². The van der Waals surface area contributed by atoms with Crippen molar-refractivity contribution in [2.45, 2.75) is 19.9 Å². The number of amides is 1. The monoisotopic (exact) mass is 389 g/mol. The maximum absolute atomic E-state index is 11.7. The number of nitrogens with one attached hydrogen (secondary N) is 2. The first-order chi connectivity index (χ1) is 9.54. The molecule has 114 valence electrons. The summed E-state index contributed by atoms with van der Waals surface area (Å²) in [7, 11) is 0. The highest BCUT2D eigenvalue weighted by Gasteiger charge is 2.08. The van der Waals surface area contributed by atoms with E-state index in [0.29, 0.717) is 11.7 Å². The van der Waals surface area contributed by atoms with E-state index in [1.807, 2.05) is 43.5 Å². The summed E-state index contributed by atoms with van der Waals surface area (Å²) >= 11 is 4.83. The summed E-state index contributed by atoms with van der Waals surface area (Å²) in [5.74, 6) is -0.0737. The largest absolute Gasteiger partial charge is 0.306 e. The first-order valence-electron chi connectivity index (χ1n) is 6.29. The van der Waals surface area contributed by atoms with E-state index in [0.717, 1.165) is 15.7 Å². The van der Waals surface area contributed by atoms with Gasteiger partial charge in [0.1, 0.15) is 0 Å². The van der Waals surface area contributed by atoms with E-state index in [4.69, 9.17) is 0 Å². The lowest BCUT2D eigenvalue weighted by Crippen LogP contribution is -2.32. The minimum absolute atomic E-state index is 0. The van der Waals surface area contributed by atoms with Crippen LogP contribution in [0.3, 0.4) is 0 Å². The van der Waals surface area contributed by atoms with E-state index < -0.39 is 0 Å². The summed E-state index contributed by atoms with van der Waals surface area (Å²) in [6, 6.07) is 8.21. The minimum atomic E-state index is -0.0737. The highest BCUT2D eigenvalue weighted by atomic mass is 79.9. The van der Waals surface area contributed by atoms with E-state index in [1.165, 1.54) is 11.3 Å². The number of carbonyl (C=O) groups excluding carboxylic acids is 1. The van der Waals surface area contributed by atoms with Crippen molar-refractivity contribution in [2.24, 2.45) is 0 Å². The molecule has 0 atom stereocenters. The Morgan fingerprint density at radius 3 is 2.62 bits per heavy atom. The maximum Gasteiger partial charge on any atom is 0.240 e. The Balaban J connectivity index is 0.00000220. The van der Waals surface area contributed by atoms with Gasteiger partial charge in [0.05, 0.1) is 12.2 Å². The molecule has 1 aromatic carbocycles. The van der Waals surface area contributed by atoms with Crippen LogP contribution in [0.1, 0.15) is 13.8 Å². The van der Waals surface area contributed by atoms with Crippen LogP contribution in [0.5, 0.6) is 0 Å². The molecule has 0 saturated carbocycles. The van der Waals surface area contributed by atoms with Crippen LogP contribution in [0, 0.1) is 0 Å². The molecule has 2 N–H and O–H groups in total. The second-order valence-electron chi connectivity index (χ2n) is 4.63. The number of benzene rings is 1. The Morgan fingerprint density at radius 1 is 1.33 bits per heavy atom. The average Bonchev–Trinajstić information content (AvgIpc) is 2.85. The number of halogens is 2. The lowest BCUT2D eigenvalue weighted by Gasteiger charge is -2.06. The lowest BCUT2D eigenvalue weighted by atomic mass is 10.2. The second-order valence-corrected chi connectivity index (χ2v) is 6.40. The number of nitrogens with zero attached hydrogens (tertiary/aromatic N) is 1. The normalized spacial score (nSPS) is 10.3. The highest BCUT2D eigenvalue weighted by molar-refractivity contribution is 9.10. The molecule has 2 rings (SSSR count). The molecule has 0 radical (unpaired) electrons. The summed E-state index contributed by atoms with van der Waals surface area (Å²) in [5, 5.41) is 8.43. The van der Waals surface area contributed by atoms with Gasteiger partial charge >= 0.3 is 0 Å². The zero-order valence-electron chi connectivity index (χ0n) is 11.7. The average molecular weight is 391 g/mol. The van der Waals surface area contributed by atoms with E-state index in [-0.39, 0.29) is 24.4 Å². The number of hydrogen-bond acceptors (Lipinski definition) is 4. The van der Waals surface area contributed by atoms with Crippen LogP contribution in [0.25, 0.3) is 11.3 Å². The number of anilines is 1. The van der Waals surface area contributed by atoms with Crippen LogP contribution < -0.4 is 10.6 Å². The number of rotatable bonds is 5. The number of hydrogen-bond donors (Lipinski definition) is 2. The number of thiazole rings is 1. The van der Waals surface area contributed by atoms with Gasteiger partial charge in [0, 0.05) is 21.5 Å². The van der Waals surface area contributed by atoms with Crippen LogP contribution in [0.2, 0.25) is 0 Å². The van der Waals surface area contributed by atoms with Gasteiger partial charge < -0.3 is 10.6 Å². The van der Waals surface area contributed by atoms with E-state index in [9.17, 15) is 4.79 Å². The summed E-state index contributed by atoms with van der Waals surface area (Å²) < 4.78 is 1.03. The molecule has 1 amide bonds. The zero-order chi connectivity index (χ0) is 14.5. The molecule has 0 spiro atoms. The molecule has 0 saturated heterocycles. The molecule has 4 nitrogen and oxygen atoms in total. The van der Waals surface area contributed by atoms with Crippen molar-refractivity contribution in [1.82, 2.24) is 10.3 Å². The van der Waals surface area contributed by atoms with Crippen LogP contribution in [0.4, 0.5) is 5.13 Å². The summed E-state index contributed by atoms with van der Waals surface area (Å²) in [6.07, 6.45) is 0. The van der Waals surface area contributed by atoms with Gasteiger partial charge in [0.25, 0.3) is 0 Å². The van der Waals surface area contributed by atoms with E-state index in [2.05, 4.69) is 31.5 Å². The predicted molar refractivity (Wildman–Crippen MR) is 94.3 cm³/mol. The zero-order valence-corrected chi connectivity index (χ0v) is 14.9. The topological polar surface area (TPSA) is 54.0 Å². The minimum Gasteiger partial charge on any atom is -0.306 e. The first-order valence-corrected chi connectivity index (χ1v) is 7.96. The summed E-state index contributed by atoms with van der Waals surface area (Å²) in [5.41, 5.74) is 1.90. The standard InChI is InChI=1S/C14H16BrN3OS.ClH/c1-9(2)16-7-13(19)18-14-17-12(8-20-14)10-3-5-11(15)6-4-10;/h3-6,8-9,16H,7H2,1-2H3,(H,17,18,19);1H. The third-order valence-electron chi connectivity index (χ3n) is 2.56. The Labute approximate surface area is 142 Å². The predicted octanol–water partition coefficient (Wildman–Crippen LogP) is 3.93. The molecular weight excluding hydrogens is 374 g/mol. The molecule has 1 heterocycles. The van der Waals surface area contributed by atoms with Crippen LogP contribution in [0.15, 0.2) is 34.1 Å². The fourth-order valence-corrected chi connectivity index (χ4v) is 2.54. The van der Waals surface area contributed by atoms with Crippen LogP contribution in [-0.4, -0.2) is 23.5 Å². The smallest absolute Gasteiger partial charge is 0.240 e. The number of aromatic nitrogens is 1. The molecule has 0 fully saturated rings. The van der Waals surface area contributed by atoms with Gasteiger partial charge in [-0.1, -0.05) is 41.9 Å². The first kappa shape index (κ1) is 18.1. The van der Waals surface area contributed by atoms with E-state index >= 15 is 0 Å². The van der Waals surface area contributed by atoms with Crippen molar-refractivity contribution in [3.05, 3.63) is 34.1 Å². The van der Waals surface area contributed by atoms with Crippen molar-refractivity contribution in [1.29, 1.82) is 0 Å². The highest BCUT2D eigenvalue weighted by Crippen LogP contribution is 2.25. The Hall–Kier alpha value is -0.950. The van der Waals surface area contributed by atoms with Gasteiger partial charge in [0.15, 0.2) is 5.13 Å². The fraction of sp³-hybridized carbons (Fsp3) is 0.286. The van der Waals surface area contributed by atoms with Crippen LogP contribution in [-0.2, 0) is 4.79 Å². The van der Waals surface area contributed by atoms with E-state index in [1.54, 1.807) is 0 Å². The number of carbonyl (C=O) groups is 1. The van der Waals surface area contributed by atoms with Gasteiger partial charge in [-0.3, -0.25) is 4.79 Å². The van der Waals surface area contributed by atoms with Crippen LogP contribution >= 0.6 is 39.7 Å². The van der Waals surface area contributed by atoms with Gasteiger partial charge in [0.2, 0.25) is 5.91 Å². The van der Waals surface area contributed by atoms with Crippen molar-refractivity contribution >= 4 is 50.7 Å². The third kappa shape index (κ3) is 5.74. The molecule has 0 aliphatic rings. The maximum atomic E-state index is 11.7. The molecule has 0 aliphatic heterocycles. The Bertz CT molecular complexity index is 586. The van der Waals surface area contributed by atoms with Gasteiger partial charge in [-0.2, -0.15) is 0 Å². The molecule has 21 heavy (non-hydrogen) atoms. The summed E-state index contributed by atoms with van der Waals surface area (Å²) in [6.45, 7) is 4.30. The van der Waals surface area contributed by atoms with Crippen molar-refractivity contribution in [3.8, 4) is 11.3 Å². The quantitative estimate of drug-likeness (QED) is 0.813. The molecular formula is C14H17BrClN3OS. The Kier molecular flexibility index (Phi) is 7.31. The molecule has 7 heteroatoms. The fourth-order valence-electron chi connectivity index (χ4n) is 1.54. The second kappa shape index (κ2) is 8.48. The van der Waals surface area contributed by atoms with Gasteiger partial charge in [-0.25, -0.2) is 4.98 Å². The molecule has 1 aromatic heterocycles. The lowest BCUT2D eigenvalue weighted by molar-refractivity contribution is -0.115. The van der Waals surface area contributed by atoms with Gasteiger partial charge in [-0.05, 0) is 12.1 Å². The summed E-state index contributed by atoms with van der Waals surface area (Å²) in [4.78, 5) is 16.1. The molecule has 2 aromatic rings. The van der Waals surface area contributed by atoms with Gasteiger partial charge in [-0.15, -0.1) is 23.7 Å². The molecule has 0 unspecified atom stereocenters. The Morgan fingerprint density at radius 2 is 2.00 bits per heavy atom. The SMILES string of the molecule is CC(C)NCC(=O)Nc1nc(-c2ccc(Br)cc2)cs1.Cl.